The van der Waals surface area contributed by atoms with Gasteiger partial charge in [-0.3, -0.25) is 4.79 Å². The number of halogens is 1. The van der Waals surface area contributed by atoms with E-state index < -0.39 is 0 Å². The fourth-order valence-electron chi connectivity index (χ4n) is 2.58. The van der Waals surface area contributed by atoms with Crippen molar-refractivity contribution >= 4 is 29.1 Å². The predicted octanol–water partition coefficient (Wildman–Crippen LogP) is 4.30. The number of ether oxygens (including phenoxy) is 1. The highest BCUT2D eigenvalue weighted by atomic mass is 35.5. The lowest BCUT2D eigenvalue weighted by atomic mass is 10.1. The minimum Gasteiger partial charge on any atom is -0.493 e. The lowest BCUT2D eigenvalue weighted by molar-refractivity contribution is 0.102. The number of benzene rings is 2. The van der Waals surface area contributed by atoms with Crippen molar-refractivity contribution < 1.29 is 13.9 Å². The molecule has 126 valence electrons. The molecule has 0 N–H and O–H groups in total. The summed E-state index contributed by atoms with van der Waals surface area (Å²) in [7, 11) is 0. The summed E-state index contributed by atoms with van der Waals surface area (Å²) in [6.07, 6.45) is 0.844. The zero-order valence-corrected chi connectivity index (χ0v) is 14.6. The highest BCUT2D eigenvalue weighted by Crippen LogP contribution is 2.28. The van der Waals surface area contributed by atoms with Gasteiger partial charge >= 0.3 is 0 Å². The van der Waals surface area contributed by atoms with Gasteiger partial charge in [-0.05, 0) is 42.0 Å². The number of Topliss-reactive ketones (excluding diaryl/α,β-unsaturated/α-hetero) is 1. The average Bonchev–Trinajstić information content (AvgIpc) is 3.28. The van der Waals surface area contributed by atoms with Gasteiger partial charge in [-0.25, -0.2) is 0 Å². The Morgan fingerprint density at radius 1 is 1.20 bits per heavy atom. The van der Waals surface area contributed by atoms with E-state index in [-0.39, 0.29) is 11.5 Å². The fourth-order valence-corrected chi connectivity index (χ4v) is 3.42. The van der Waals surface area contributed by atoms with Crippen molar-refractivity contribution in [2.45, 2.75) is 11.6 Å². The number of hydrogen-bond donors (Lipinski definition) is 0. The first-order valence-electron chi connectivity index (χ1n) is 7.70. The van der Waals surface area contributed by atoms with Gasteiger partial charge in [0, 0.05) is 22.6 Å². The summed E-state index contributed by atoms with van der Waals surface area (Å²) in [6.45, 7) is 0.677. The molecule has 25 heavy (non-hydrogen) atoms. The molecule has 0 aliphatic carbocycles. The van der Waals surface area contributed by atoms with Gasteiger partial charge in [-0.1, -0.05) is 29.4 Å². The van der Waals surface area contributed by atoms with Gasteiger partial charge in [0.25, 0.3) is 5.22 Å². The number of thioether (sulfide) groups is 1. The van der Waals surface area contributed by atoms with Crippen molar-refractivity contribution in [3.05, 3.63) is 58.6 Å². The standard InChI is InChI=1S/C18H13ClN2O3S/c19-14-3-1-2-13(9-14)17-20-21-18(24-17)25-10-15(22)11-4-5-16-12(8-11)6-7-23-16/h1-5,8-9H,6-7,10H2. The number of fused-ring (bicyclic) bond motifs is 1. The molecule has 0 saturated heterocycles. The third-order valence-electron chi connectivity index (χ3n) is 3.82. The molecule has 3 aromatic rings. The molecular formula is C18H13ClN2O3S. The van der Waals surface area contributed by atoms with E-state index in [0.29, 0.717) is 28.3 Å². The third-order valence-corrected chi connectivity index (χ3v) is 4.87. The van der Waals surface area contributed by atoms with Gasteiger partial charge in [-0.2, -0.15) is 0 Å². The van der Waals surface area contributed by atoms with Gasteiger partial charge in [0.1, 0.15) is 5.75 Å². The molecule has 4 rings (SSSR count). The largest absolute Gasteiger partial charge is 0.493 e. The van der Waals surface area contributed by atoms with Crippen LogP contribution in [0.1, 0.15) is 15.9 Å². The summed E-state index contributed by atoms with van der Waals surface area (Å²) < 4.78 is 11.1. The maximum Gasteiger partial charge on any atom is 0.277 e. The maximum atomic E-state index is 12.4. The monoisotopic (exact) mass is 372 g/mol. The van der Waals surface area contributed by atoms with E-state index in [1.54, 1.807) is 18.2 Å². The molecule has 0 saturated carbocycles. The van der Waals surface area contributed by atoms with E-state index in [9.17, 15) is 4.79 Å². The molecule has 0 amide bonds. The first-order chi connectivity index (χ1) is 12.2. The van der Waals surface area contributed by atoms with Gasteiger partial charge in [0.15, 0.2) is 5.78 Å². The van der Waals surface area contributed by atoms with Crippen LogP contribution in [0.4, 0.5) is 0 Å². The predicted molar refractivity (Wildman–Crippen MR) is 95.4 cm³/mol. The third kappa shape index (κ3) is 3.55. The number of carbonyl (C=O) groups excluding carboxylic acids is 1. The van der Waals surface area contributed by atoms with Crippen LogP contribution in [0.15, 0.2) is 52.1 Å². The number of nitrogens with zero attached hydrogens (tertiary/aromatic N) is 2. The van der Waals surface area contributed by atoms with Crippen molar-refractivity contribution in [3.8, 4) is 17.2 Å². The summed E-state index contributed by atoms with van der Waals surface area (Å²) in [5.74, 6) is 1.50. The van der Waals surface area contributed by atoms with Crippen LogP contribution < -0.4 is 4.74 Å². The molecule has 0 bridgehead atoms. The minimum atomic E-state index is 0.0159. The SMILES string of the molecule is O=C(CSc1nnc(-c2cccc(Cl)c2)o1)c1ccc2c(c1)CCO2. The Morgan fingerprint density at radius 2 is 2.12 bits per heavy atom. The van der Waals surface area contributed by atoms with Gasteiger partial charge < -0.3 is 9.15 Å². The van der Waals surface area contributed by atoms with Crippen molar-refractivity contribution in [1.82, 2.24) is 10.2 Å². The Kier molecular flexibility index (Phi) is 4.46. The lowest BCUT2D eigenvalue weighted by Crippen LogP contribution is -2.02. The van der Waals surface area contributed by atoms with Crippen molar-refractivity contribution in [2.24, 2.45) is 0 Å². The average molecular weight is 373 g/mol. The molecule has 2 aromatic carbocycles. The summed E-state index contributed by atoms with van der Waals surface area (Å²) >= 11 is 7.19. The van der Waals surface area contributed by atoms with E-state index >= 15 is 0 Å². The second kappa shape index (κ2) is 6.90. The molecule has 7 heteroatoms. The van der Waals surface area contributed by atoms with E-state index in [4.69, 9.17) is 20.8 Å². The molecule has 0 fully saturated rings. The van der Waals surface area contributed by atoms with E-state index in [1.807, 2.05) is 24.3 Å². The Hall–Kier alpha value is -2.31. The number of hydrogen-bond acceptors (Lipinski definition) is 6. The van der Waals surface area contributed by atoms with Crippen LogP contribution in [0.5, 0.6) is 5.75 Å². The first-order valence-corrected chi connectivity index (χ1v) is 9.06. The number of rotatable bonds is 5. The zero-order chi connectivity index (χ0) is 17.2. The molecule has 0 atom stereocenters. The van der Waals surface area contributed by atoms with E-state index in [2.05, 4.69) is 10.2 Å². The smallest absolute Gasteiger partial charge is 0.277 e. The number of carbonyl (C=O) groups is 1. The van der Waals surface area contributed by atoms with Crippen molar-refractivity contribution in [1.29, 1.82) is 0 Å². The summed E-state index contributed by atoms with van der Waals surface area (Å²) in [5, 5.41) is 8.93. The molecule has 2 heterocycles. The second-order valence-corrected chi connectivity index (χ2v) is 6.88. The fraction of sp³-hybridized carbons (Fsp3) is 0.167. The molecule has 0 radical (unpaired) electrons. The Bertz CT molecular complexity index is 942. The molecule has 1 aliphatic rings. The molecule has 0 spiro atoms. The van der Waals surface area contributed by atoms with Crippen LogP contribution in [0.25, 0.3) is 11.5 Å². The van der Waals surface area contributed by atoms with Crippen LogP contribution in [0, 0.1) is 0 Å². The molecule has 5 nitrogen and oxygen atoms in total. The van der Waals surface area contributed by atoms with Gasteiger partial charge in [-0.15, -0.1) is 10.2 Å². The van der Waals surface area contributed by atoms with Crippen LogP contribution in [0.2, 0.25) is 5.02 Å². The van der Waals surface area contributed by atoms with Crippen LogP contribution >= 0.6 is 23.4 Å². The van der Waals surface area contributed by atoms with Crippen molar-refractivity contribution in [3.63, 3.8) is 0 Å². The van der Waals surface area contributed by atoms with Crippen molar-refractivity contribution in [2.75, 3.05) is 12.4 Å². The highest BCUT2D eigenvalue weighted by Gasteiger charge is 2.16. The minimum absolute atomic E-state index is 0.0159. The second-order valence-electron chi connectivity index (χ2n) is 5.52. The lowest BCUT2D eigenvalue weighted by Gasteiger charge is -2.02. The Balaban J connectivity index is 1.42. The van der Waals surface area contributed by atoms with E-state index in [1.165, 1.54) is 11.8 Å². The molecule has 1 aromatic heterocycles. The van der Waals surface area contributed by atoms with Gasteiger partial charge in [0.2, 0.25) is 5.89 Å². The highest BCUT2D eigenvalue weighted by molar-refractivity contribution is 7.99. The number of ketones is 1. The molecule has 1 aliphatic heterocycles. The topological polar surface area (TPSA) is 65.2 Å². The first kappa shape index (κ1) is 16.2. The van der Waals surface area contributed by atoms with E-state index in [0.717, 1.165) is 23.3 Å². The molecule has 0 unspecified atom stereocenters. The van der Waals surface area contributed by atoms with Gasteiger partial charge in [0.05, 0.1) is 12.4 Å². The maximum absolute atomic E-state index is 12.4. The Morgan fingerprint density at radius 3 is 3.00 bits per heavy atom. The quantitative estimate of drug-likeness (QED) is 0.491. The Labute approximate surface area is 153 Å². The summed E-state index contributed by atoms with van der Waals surface area (Å²) in [5.41, 5.74) is 2.50. The van der Waals surface area contributed by atoms with Crippen LogP contribution in [-0.2, 0) is 6.42 Å². The van der Waals surface area contributed by atoms with Crippen LogP contribution in [-0.4, -0.2) is 28.3 Å². The summed E-state index contributed by atoms with van der Waals surface area (Å²) in [4.78, 5) is 12.4. The zero-order valence-electron chi connectivity index (χ0n) is 13.1. The normalized spacial score (nSPS) is 12.7. The van der Waals surface area contributed by atoms with Crippen LogP contribution in [0.3, 0.4) is 0 Å². The number of aromatic nitrogens is 2. The summed E-state index contributed by atoms with van der Waals surface area (Å²) in [6, 6.07) is 12.7. The molecular weight excluding hydrogens is 360 g/mol.